The summed E-state index contributed by atoms with van der Waals surface area (Å²) in [6.45, 7) is 2.89. The molecule has 0 aliphatic carbocycles. The highest BCUT2D eigenvalue weighted by molar-refractivity contribution is 7.85. The molecule has 0 aromatic carbocycles. The van der Waals surface area contributed by atoms with Crippen molar-refractivity contribution < 1.29 is 27.4 Å². The average Bonchev–Trinajstić information content (AvgIpc) is 2.07. The Hall–Kier alpha value is -0.700. The molecule has 0 bridgehead atoms. The Morgan fingerprint density at radius 2 is 1.94 bits per heavy atom. The quantitative estimate of drug-likeness (QED) is 0.296. The van der Waals surface area contributed by atoms with Crippen molar-refractivity contribution in [3.63, 3.8) is 0 Å². The topological polar surface area (TPSA) is 104 Å². The number of hydrogen-bond acceptors (Lipinski definition) is 4. The highest BCUT2D eigenvalue weighted by atomic mass is 32.2. The largest absolute Gasteiger partial charge is 0.386 e. The van der Waals surface area contributed by atoms with Crippen molar-refractivity contribution in [3.8, 4) is 0 Å². The minimum absolute atomic E-state index is 0.0910. The molecule has 3 N–H and O–H groups in total. The van der Waals surface area contributed by atoms with Crippen LogP contribution in [0.15, 0.2) is 0 Å². The van der Waals surface area contributed by atoms with E-state index in [0.29, 0.717) is 17.6 Å². The number of aliphatic hydroxyl groups is 1. The molecule has 0 aromatic heterocycles. The van der Waals surface area contributed by atoms with Crippen LogP contribution in [0.3, 0.4) is 0 Å². The van der Waals surface area contributed by atoms with E-state index in [0.717, 1.165) is 6.42 Å². The highest BCUT2D eigenvalue weighted by Gasteiger charge is 2.23. The number of rotatable bonds is 8. The summed E-state index contributed by atoms with van der Waals surface area (Å²) in [6.07, 6.45) is -0.374. The molecule has 7 nitrogen and oxygen atoms in total. The average molecular weight is 283 g/mol. The van der Waals surface area contributed by atoms with Crippen LogP contribution < -0.4 is 5.32 Å². The monoisotopic (exact) mass is 283 g/mol. The highest BCUT2D eigenvalue weighted by Crippen LogP contribution is 2.03. The molecule has 0 saturated heterocycles. The molecule has 0 fully saturated rings. The van der Waals surface area contributed by atoms with Crippen LogP contribution in [0.5, 0.6) is 0 Å². The Labute approximate surface area is 108 Å². The molecule has 0 spiro atoms. The zero-order valence-corrected chi connectivity index (χ0v) is 11.9. The molecule has 0 heterocycles. The van der Waals surface area contributed by atoms with Gasteiger partial charge < -0.3 is 14.9 Å². The Balaban J connectivity index is 4.02. The number of carbonyl (C=O) groups is 1. The van der Waals surface area contributed by atoms with Gasteiger partial charge in [-0.05, 0) is 0 Å². The molecule has 0 radical (unpaired) electrons. The summed E-state index contributed by atoms with van der Waals surface area (Å²) >= 11 is 0. The van der Waals surface area contributed by atoms with E-state index in [4.69, 9.17) is 4.55 Å². The molecule has 18 heavy (non-hydrogen) atoms. The van der Waals surface area contributed by atoms with Crippen LogP contribution in [0.25, 0.3) is 0 Å². The van der Waals surface area contributed by atoms with Gasteiger partial charge in [0.1, 0.15) is 18.4 Å². The third kappa shape index (κ3) is 10.5. The molecule has 0 saturated carbocycles. The number of amides is 1. The lowest BCUT2D eigenvalue weighted by molar-refractivity contribution is -0.893. The predicted molar refractivity (Wildman–Crippen MR) is 67.6 cm³/mol. The van der Waals surface area contributed by atoms with Crippen LogP contribution in [-0.4, -0.2) is 74.1 Å². The van der Waals surface area contributed by atoms with Crippen molar-refractivity contribution in [3.05, 3.63) is 0 Å². The number of quaternary nitrogens is 1. The first-order chi connectivity index (χ1) is 8.02. The minimum Gasteiger partial charge on any atom is -0.386 e. The summed E-state index contributed by atoms with van der Waals surface area (Å²) < 4.78 is 30.2. The Morgan fingerprint density at radius 3 is 2.39 bits per heavy atom. The first-order valence-corrected chi connectivity index (χ1v) is 7.32. The SMILES string of the molecule is CC(=O)NCCC[N+](C)(C)CC(O)CS(=O)(=O)O. The molecule has 108 valence electrons. The lowest BCUT2D eigenvalue weighted by atomic mass is 10.3. The van der Waals surface area contributed by atoms with Crippen molar-refractivity contribution in [1.82, 2.24) is 5.32 Å². The van der Waals surface area contributed by atoms with Crippen LogP contribution in [0.2, 0.25) is 0 Å². The van der Waals surface area contributed by atoms with Gasteiger partial charge in [0.05, 0.1) is 20.6 Å². The van der Waals surface area contributed by atoms with Crippen LogP contribution >= 0.6 is 0 Å². The zero-order chi connectivity index (χ0) is 14.4. The Kier molecular flexibility index (Phi) is 6.76. The summed E-state index contributed by atoms with van der Waals surface area (Å²) in [5.41, 5.74) is 0. The molecule has 0 aliphatic rings. The number of likely N-dealkylation sites (N-methyl/N-ethyl adjacent to an activating group) is 1. The van der Waals surface area contributed by atoms with E-state index in [2.05, 4.69) is 5.32 Å². The Bertz CT molecular complexity index is 366. The van der Waals surface area contributed by atoms with Crippen molar-refractivity contribution in [2.24, 2.45) is 0 Å². The lowest BCUT2D eigenvalue weighted by Crippen LogP contribution is -2.48. The molecule has 1 amide bonds. The predicted octanol–water partition coefficient (Wildman–Crippen LogP) is -1.16. The van der Waals surface area contributed by atoms with E-state index in [9.17, 15) is 18.3 Å². The molecule has 8 heteroatoms. The molecule has 1 unspecified atom stereocenters. The molecule has 0 aliphatic heterocycles. The maximum atomic E-state index is 10.7. The van der Waals surface area contributed by atoms with Gasteiger partial charge >= 0.3 is 0 Å². The van der Waals surface area contributed by atoms with Crippen LogP contribution in [0.1, 0.15) is 13.3 Å². The lowest BCUT2D eigenvalue weighted by Gasteiger charge is -2.31. The van der Waals surface area contributed by atoms with Crippen LogP contribution in [-0.2, 0) is 14.9 Å². The van der Waals surface area contributed by atoms with Gasteiger partial charge in [-0.25, -0.2) is 0 Å². The number of nitrogens with one attached hydrogen (secondary N) is 1. The van der Waals surface area contributed by atoms with Crippen molar-refractivity contribution in [2.45, 2.75) is 19.4 Å². The zero-order valence-electron chi connectivity index (χ0n) is 11.1. The fourth-order valence-electron chi connectivity index (χ4n) is 1.73. The molecule has 0 rings (SSSR count). The summed E-state index contributed by atoms with van der Waals surface area (Å²) in [6, 6.07) is 0. The Morgan fingerprint density at radius 1 is 1.39 bits per heavy atom. The smallest absolute Gasteiger partial charge is 0.267 e. The van der Waals surface area contributed by atoms with Crippen molar-refractivity contribution in [1.29, 1.82) is 0 Å². The second-order valence-electron chi connectivity index (χ2n) is 5.08. The third-order valence-corrected chi connectivity index (χ3v) is 3.23. The normalized spacial score (nSPS) is 14.3. The van der Waals surface area contributed by atoms with Gasteiger partial charge in [-0.2, -0.15) is 8.42 Å². The summed E-state index contributed by atoms with van der Waals surface area (Å²) in [5, 5.41) is 12.2. The van der Waals surface area contributed by atoms with Crippen molar-refractivity contribution >= 4 is 16.0 Å². The third-order valence-electron chi connectivity index (χ3n) is 2.42. The maximum absolute atomic E-state index is 10.7. The van der Waals surface area contributed by atoms with Gasteiger partial charge in [-0.15, -0.1) is 0 Å². The summed E-state index contributed by atoms with van der Waals surface area (Å²) in [4.78, 5) is 10.7. The second kappa shape index (κ2) is 7.03. The molecule has 0 aromatic rings. The number of nitrogens with zero attached hydrogens (tertiary/aromatic N) is 1. The van der Waals surface area contributed by atoms with Crippen molar-refractivity contribution in [2.75, 3.05) is 39.5 Å². The van der Waals surface area contributed by atoms with E-state index < -0.39 is 22.0 Å². The van der Waals surface area contributed by atoms with E-state index in [1.54, 1.807) is 0 Å². The van der Waals surface area contributed by atoms with E-state index >= 15 is 0 Å². The fraction of sp³-hybridized carbons (Fsp3) is 0.900. The molecule has 1 atom stereocenters. The fourth-order valence-corrected chi connectivity index (χ4v) is 2.32. The van der Waals surface area contributed by atoms with Gasteiger partial charge in [0, 0.05) is 19.9 Å². The summed E-state index contributed by atoms with van der Waals surface area (Å²) in [5.74, 6) is -0.743. The van der Waals surface area contributed by atoms with Gasteiger partial charge in [-0.3, -0.25) is 9.35 Å². The van der Waals surface area contributed by atoms with Gasteiger partial charge in [0.2, 0.25) is 5.91 Å². The second-order valence-corrected chi connectivity index (χ2v) is 6.58. The van der Waals surface area contributed by atoms with Gasteiger partial charge in [0.25, 0.3) is 10.1 Å². The van der Waals surface area contributed by atoms with Gasteiger partial charge in [-0.1, -0.05) is 0 Å². The van der Waals surface area contributed by atoms with Gasteiger partial charge in [0.15, 0.2) is 0 Å². The minimum atomic E-state index is -4.15. The van der Waals surface area contributed by atoms with Crippen LogP contribution in [0.4, 0.5) is 0 Å². The van der Waals surface area contributed by atoms with E-state index in [1.807, 2.05) is 14.1 Å². The number of hydrogen-bond donors (Lipinski definition) is 3. The maximum Gasteiger partial charge on any atom is 0.267 e. The van der Waals surface area contributed by atoms with E-state index in [-0.39, 0.29) is 12.5 Å². The number of carbonyl (C=O) groups excluding carboxylic acids is 1. The first kappa shape index (κ1) is 17.3. The molecular formula is C10H23N2O5S+. The van der Waals surface area contributed by atoms with Crippen LogP contribution in [0, 0.1) is 0 Å². The van der Waals surface area contributed by atoms with E-state index in [1.165, 1.54) is 6.92 Å². The summed E-state index contributed by atoms with van der Waals surface area (Å²) in [7, 11) is -0.453. The molecular weight excluding hydrogens is 260 g/mol. The first-order valence-electron chi connectivity index (χ1n) is 5.71. The standard InChI is InChI=1S/C10H22N2O5S/c1-9(13)11-5-4-6-12(2,3)7-10(14)8-18(15,16)17/h10,14H,4-8H2,1-3H3,(H-,11,13,15,16,17)/p+1. The number of aliphatic hydroxyl groups excluding tert-OH is 1.